The zero-order chi connectivity index (χ0) is 10.7. The molecule has 1 saturated heterocycles. The first-order valence-corrected chi connectivity index (χ1v) is 5.46. The molecule has 0 aliphatic carbocycles. The molecule has 1 aromatic carbocycles. The van der Waals surface area contributed by atoms with E-state index in [1.807, 2.05) is 12.1 Å². The van der Waals surface area contributed by atoms with Crippen molar-refractivity contribution in [3.05, 3.63) is 35.6 Å². The van der Waals surface area contributed by atoms with E-state index in [1.54, 1.807) is 0 Å². The lowest BCUT2D eigenvalue weighted by atomic mass is 10.1. The SMILES string of the molecule is Cl.Cl.NC1CCN(Cc2ccc(F)cc2)CC1.O. The van der Waals surface area contributed by atoms with Gasteiger partial charge < -0.3 is 11.2 Å². The van der Waals surface area contributed by atoms with Gasteiger partial charge in [0.25, 0.3) is 0 Å². The Kier molecular flexibility index (Phi) is 10.6. The van der Waals surface area contributed by atoms with Crippen LogP contribution in [-0.2, 0) is 6.54 Å². The third-order valence-electron chi connectivity index (χ3n) is 2.95. The summed E-state index contributed by atoms with van der Waals surface area (Å²) in [6, 6.07) is 7.11. The van der Waals surface area contributed by atoms with Crippen molar-refractivity contribution in [3.63, 3.8) is 0 Å². The van der Waals surface area contributed by atoms with Crippen molar-refractivity contribution in [2.75, 3.05) is 13.1 Å². The summed E-state index contributed by atoms with van der Waals surface area (Å²) < 4.78 is 12.7. The first-order chi connectivity index (χ1) is 7.24. The van der Waals surface area contributed by atoms with Crippen molar-refractivity contribution in [2.24, 2.45) is 5.73 Å². The quantitative estimate of drug-likeness (QED) is 0.904. The number of benzene rings is 1. The van der Waals surface area contributed by atoms with Crippen molar-refractivity contribution in [1.29, 1.82) is 0 Å². The molecule has 0 amide bonds. The standard InChI is InChI=1S/C12H17FN2.2ClH.H2O/c13-11-3-1-10(2-4-11)9-15-7-5-12(14)6-8-15;;;/h1-4,12H,5-9,14H2;2*1H;1H2. The second kappa shape index (κ2) is 9.53. The van der Waals surface area contributed by atoms with E-state index in [0.717, 1.165) is 32.5 Å². The molecule has 1 heterocycles. The van der Waals surface area contributed by atoms with E-state index >= 15 is 0 Å². The van der Waals surface area contributed by atoms with Crippen molar-refractivity contribution >= 4 is 24.8 Å². The highest BCUT2D eigenvalue weighted by molar-refractivity contribution is 5.85. The molecular formula is C12H21Cl2FN2O. The van der Waals surface area contributed by atoms with Gasteiger partial charge in [0.05, 0.1) is 0 Å². The first-order valence-electron chi connectivity index (χ1n) is 5.46. The topological polar surface area (TPSA) is 60.8 Å². The number of nitrogens with zero attached hydrogens (tertiary/aromatic N) is 1. The van der Waals surface area contributed by atoms with Gasteiger partial charge in [0.15, 0.2) is 0 Å². The average Bonchev–Trinajstić information content (AvgIpc) is 2.25. The van der Waals surface area contributed by atoms with Crippen LogP contribution >= 0.6 is 24.8 Å². The molecule has 1 aromatic rings. The summed E-state index contributed by atoms with van der Waals surface area (Å²) in [4.78, 5) is 2.37. The normalized spacial score (nSPS) is 16.1. The molecule has 18 heavy (non-hydrogen) atoms. The average molecular weight is 299 g/mol. The predicted octanol–water partition coefficient (Wildman–Crippen LogP) is 1.77. The van der Waals surface area contributed by atoms with Gasteiger partial charge >= 0.3 is 0 Å². The van der Waals surface area contributed by atoms with Gasteiger partial charge in [-0.2, -0.15) is 0 Å². The third-order valence-corrected chi connectivity index (χ3v) is 2.95. The number of nitrogens with two attached hydrogens (primary N) is 1. The number of hydrogen-bond donors (Lipinski definition) is 1. The van der Waals surface area contributed by atoms with Gasteiger partial charge in [0.2, 0.25) is 0 Å². The van der Waals surface area contributed by atoms with Gasteiger partial charge in [0.1, 0.15) is 5.82 Å². The zero-order valence-electron chi connectivity index (χ0n) is 10.1. The molecule has 0 aromatic heterocycles. The molecule has 2 rings (SSSR count). The Labute approximate surface area is 120 Å². The summed E-state index contributed by atoms with van der Waals surface area (Å²) in [5, 5.41) is 0. The largest absolute Gasteiger partial charge is 0.412 e. The number of likely N-dealkylation sites (tertiary alicyclic amines) is 1. The van der Waals surface area contributed by atoms with E-state index in [4.69, 9.17) is 5.73 Å². The Morgan fingerprint density at radius 3 is 2.11 bits per heavy atom. The molecule has 0 radical (unpaired) electrons. The third kappa shape index (κ3) is 5.98. The number of halogens is 3. The van der Waals surface area contributed by atoms with Gasteiger partial charge in [-0.25, -0.2) is 4.39 Å². The molecule has 6 heteroatoms. The molecule has 3 nitrogen and oxygen atoms in total. The molecule has 0 saturated carbocycles. The lowest BCUT2D eigenvalue weighted by Gasteiger charge is -2.29. The fourth-order valence-electron chi connectivity index (χ4n) is 1.96. The van der Waals surface area contributed by atoms with Crippen LogP contribution in [0.2, 0.25) is 0 Å². The molecule has 0 unspecified atom stereocenters. The van der Waals surface area contributed by atoms with Crippen molar-refractivity contribution in [2.45, 2.75) is 25.4 Å². The minimum atomic E-state index is -0.167. The van der Waals surface area contributed by atoms with E-state index in [9.17, 15) is 4.39 Å². The van der Waals surface area contributed by atoms with E-state index in [1.165, 1.54) is 17.7 Å². The van der Waals surface area contributed by atoms with E-state index in [2.05, 4.69) is 4.90 Å². The van der Waals surface area contributed by atoms with Gasteiger partial charge in [-0.1, -0.05) is 12.1 Å². The first kappa shape index (κ1) is 19.9. The van der Waals surface area contributed by atoms with Gasteiger partial charge in [-0.15, -0.1) is 24.8 Å². The Hall–Kier alpha value is -0.390. The van der Waals surface area contributed by atoms with Crippen LogP contribution in [0, 0.1) is 5.82 Å². The molecule has 0 atom stereocenters. The molecule has 106 valence electrons. The number of piperidine rings is 1. The lowest BCUT2D eigenvalue weighted by Crippen LogP contribution is -2.39. The Balaban J connectivity index is 0. The summed E-state index contributed by atoms with van der Waals surface area (Å²) in [5.74, 6) is -0.167. The van der Waals surface area contributed by atoms with Crippen LogP contribution in [-0.4, -0.2) is 29.5 Å². The molecule has 0 spiro atoms. The molecule has 1 aliphatic heterocycles. The smallest absolute Gasteiger partial charge is 0.123 e. The van der Waals surface area contributed by atoms with Crippen molar-refractivity contribution in [3.8, 4) is 0 Å². The van der Waals surface area contributed by atoms with Gasteiger partial charge in [0, 0.05) is 12.6 Å². The fraction of sp³-hybridized carbons (Fsp3) is 0.500. The maximum Gasteiger partial charge on any atom is 0.123 e. The zero-order valence-corrected chi connectivity index (χ0v) is 11.8. The van der Waals surface area contributed by atoms with Crippen LogP contribution in [0.1, 0.15) is 18.4 Å². The van der Waals surface area contributed by atoms with Crippen LogP contribution < -0.4 is 5.73 Å². The summed E-state index contributed by atoms with van der Waals surface area (Å²) >= 11 is 0. The van der Waals surface area contributed by atoms with Crippen LogP contribution in [0.15, 0.2) is 24.3 Å². The van der Waals surface area contributed by atoms with Crippen LogP contribution in [0.3, 0.4) is 0 Å². The Morgan fingerprint density at radius 1 is 1.11 bits per heavy atom. The summed E-state index contributed by atoms with van der Waals surface area (Å²) in [5.41, 5.74) is 7.01. The summed E-state index contributed by atoms with van der Waals surface area (Å²) in [7, 11) is 0. The number of hydrogen-bond acceptors (Lipinski definition) is 2. The molecular weight excluding hydrogens is 278 g/mol. The van der Waals surface area contributed by atoms with Gasteiger partial charge in [-0.3, -0.25) is 4.90 Å². The van der Waals surface area contributed by atoms with Crippen LogP contribution in [0.5, 0.6) is 0 Å². The minimum Gasteiger partial charge on any atom is -0.412 e. The highest BCUT2D eigenvalue weighted by atomic mass is 35.5. The molecule has 1 aliphatic rings. The van der Waals surface area contributed by atoms with Crippen LogP contribution in [0.4, 0.5) is 4.39 Å². The maximum atomic E-state index is 12.7. The Morgan fingerprint density at radius 2 is 1.61 bits per heavy atom. The maximum absolute atomic E-state index is 12.7. The van der Waals surface area contributed by atoms with Gasteiger partial charge in [-0.05, 0) is 43.6 Å². The predicted molar refractivity (Wildman–Crippen MR) is 77.0 cm³/mol. The highest BCUT2D eigenvalue weighted by Gasteiger charge is 2.15. The second-order valence-electron chi connectivity index (χ2n) is 4.24. The minimum absolute atomic E-state index is 0. The summed E-state index contributed by atoms with van der Waals surface area (Å²) in [6.07, 6.45) is 2.14. The van der Waals surface area contributed by atoms with E-state index in [-0.39, 0.29) is 36.1 Å². The Bertz CT molecular complexity index is 316. The molecule has 4 N–H and O–H groups in total. The molecule has 0 bridgehead atoms. The van der Waals surface area contributed by atoms with E-state index in [0.29, 0.717) is 6.04 Å². The highest BCUT2D eigenvalue weighted by Crippen LogP contribution is 2.12. The fourth-order valence-corrected chi connectivity index (χ4v) is 1.96. The van der Waals surface area contributed by atoms with Crippen molar-refractivity contribution in [1.82, 2.24) is 4.90 Å². The van der Waals surface area contributed by atoms with Crippen LogP contribution in [0.25, 0.3) is 0 Å². The number of rotatable bonds is 2. The molecule has 1 fully saturated rings. The lowest BCUT2D eigenvalue weighted by molar-refractivity contribution is 0.205. The summed E-state index contributed by atoms with van der Waals surface area (Å²) in [6.45, 7) is 3.02. The monoisotopic (exact) mass is 298 g/mol. The second-order valence-corrected chi connectivity index (χ2v) is 4.24. The van der Waals surface area contributed by atoms with E-state index < -0.39 is 0 Å². The van der Waals surface area contributed by atoms with Crippen molar-refractivity contribution < 1.29 is 9.87 Å².